The highest BCUT2D eigenvalue weighted by Gasteiger charge is 2.19. The van der Waals surface area contributed by atoms with Crippen LogP contribution in [0, 0.1) is 0 Å². The minimum Gasteiger partial charge on any atom is -0.462 e. The molecule has 0 rings (SSSR count). The van der Waals surface area contributed by atoms with Crippen molar-refractivity contribution in [2.75, 3.05) is 13.2 Å². The number of carbonyl (C=O) groups excluding carboxylic acids is 3. The Hall–Kier alpha value is -2.63. The summed E-state index contributed by atoms with van der Waals surface area (Å²) in [5, 5.41) is 0. The molecule has 0 bridgehead atoms. The van der Waals surface area contributed by atoms with Crippen LogP contribution in [-0.4, -0.2) is 37.2 Å². The molecular formula is C47H82O6. The van der Waals surface area contributed by atoms with Gasteiger partial charge >= 0.3 is 17.9 Å². The Morgan fingerprint density at radius 1 is 0.396 bits per heavy atom. The third kappa shape index (κ3) is 40.4. The zero-order valence-electron chi connectivity index (χ0n) is 34.8. The smallest absolute Gasteiger partial charge is 0.306 e. The quantitative estimate of drug-likeness (QED) is 0.0270. The summed E-state index contributed by atoms with van der Waals surface area (Å²) in [6.45, 7) is 6.43. The summed E-state index contributed by atoms with van der Waals surface area (Å²) < 4.78 is 16.6. The first-order valence-corrected chi connectivity index (χ1v) is 22.1. The zero-order chi connectivity index (χ0) is 38.7. The molecule has 0 aromatic heterocycles. The van der Waals surface area contributed by atoms with Crippen molar-refractivity contribution >= 4 is 17.9 Å². The Kier molecular flexibility index (Phi) is 40.0. The van der Waals surface area contributed by atoms with Gasteiger partial charge in [0.15, 0.2) is 6.10 Å². The Labute approximate surface area is 327 Å². The summed E-state index contributed by atoms with van der Waals surface area (Å²) in [7, 11) is 0. The largest absolute Gasteiger partial charge is 0.462 e. The molecule has 0 saturated heterocycles. The van der Waals surface area contributed by atoms with Gasteiger partial charge in [0.1, 0.15) is 13.2 Å². The van der Waals surface area contributed by atoms with Gasteiger partial charge in [-0.3, -0.25) is 14.4 Å². The molecule has 6 nitrogen and oxygen atoms in total. The van der Waals surface area contributed by atoms with Crippen LogP contribution in [0.15, 0.2) is 48.6 Å². The molecular weight excluding hydrogens is 661 g/mol. The molecule has 0 fully saturated rings. The zero-order valence-corrected chi connectivity index (χ0v) is 34.8. The Morgan fingerprint density at radius 3 is 1.25 bits per heavy atom. The molecule has 0 N–H and O–H groups in total. The van der Waals surface area contributed by atoms with E-state index in [1.54, 1.807) is 0 Å². The van der Waals surface area contributed by atoms with Crippen LogP contribution < -0.4 is 0 Å². The molecule has 53 heavy (non-hydrogen) atoms. The second-order valence-electron chi connectivity index (χ2n) is 14.6. The lowest BCUT2D eigenvalue weighted by Gasteiger charge is -2.18. The van der Waals surface area contributed by atoms with E-state index in [0.717, 1.165) is 83.5 Å². The molecule has 0 saturated carbocycles. The first kappa shape index (κ1) is 50.4. The van der Waals surface area contributed by atoms with Crippen LogP contribution in [0.1, 0.15) is 213 Å². The van der Waals surface area contributed by atoms with E-state index in [9.17, 15) is 14.4 Å². The van der Waals surface area contributed by atoms with E-state index < -0.39 is 6.10 Å². The molecule has 1 atom stereocenters. The van der Waals surface area contributed by atoms with Crippen LogP contribution in [0.25, 0.3) is 0 Å². The number of ether oxygens (including phenoxy) is 3. The first-order chi connectivity index (χ1) is 26.0. The fourth-order valence-electron chi connectivity index (χ4n) is 6.00. The number of unbranched alkanes of at least 4 members (excludes halogenated alkanes) is 20. The second-order valence-corrected chi connectivity index (χ2v) is 14.6. The van der Waals surface area contributed by atoms with Gasteiger partial charge in [0.2, 0.25) is 0 Å². The topological polar surface area (TPSA) is 78.9 Å². The van der Waals surface area contributed by atoms with Gasteiger partial charge in [0.05, 0.1) is 0 Å². The van der Waals surface area contributed by atoms with Crippen molar-refractivity contribution in [1.82, 2.24) is 0 Å². The van der Waals surface area contributed by atoms with Crippen molar-refractivity contribution in [3.63, 3.8) is 0 Å². The predicted molar refractivity (Wildman–Crippen MR) is 224 cm³/mol. The van der Waals surface area contributed by atoms with Gasteiger partial charge in [-0.2, -0.15) is 0 Å². The number of allylic oxidation sites excluding steroid dienone is 8. The van der Waals surface area contributed by atoms with Crippen molar-refractivity contribution in [3.05, 3.63) is 48.6 Å². The SMILES string of the molecule is CC/C=C\C/C=C\CCCCCCCC(=O)OC(COC(=O)CC/C=C\C/C=C\CCCCCCCC)COC(=O)CCCCCCCCCCCC. The van der Waals surface area contributed by atoms with E-state index in [1.807, 2.05) is 6.08 Å². The van der Waals surface area contributed by atoms with Crippen molar-refractivity contribution in [3.8, 4) is 0 Å². The van der Waals surface area contributed by atoms with Gasteiger partial charge in [-0.25, -0.2) is 0 Å². The minimum absolute atomic E-state index is 0.0949. The molecule has 0 aliphatic carbocycles. The van der Waals surface area contributed by atoms with Gasteiger partial charge in [-0.05, 0) is 64.2 Å². The van der Waals surface area contributed by atoms with Crippen LogP contribution in [0.3, 0.4) is 0 Å². The van der Waals surface area contributed by atoms with E-state index in [2.05, 4.69) is 63.3 Å². The van der Waals surface area contributed by atoms with Crippen molar-refractivity contribution in [2.24, 2.45) is 0 Å². The maximum Gasteiger partial charge on any atom is 0.306 e. The van der Waals surface area contributed by atoms with E-state index in [-0.39, 0.29) is 37.5 Å². The molecule has 0 aromatic carbocycles. The van der Waals surface area contributed by atoms with Crippen LogP contribution in [-0.2, 0) is 28.6 Å². The Morgan fingerprint density at radius 2 is 0.774 bits per heavy atom. The molecule has 0 amide bonds. The molecule has 0 spiro atoms. The molecule has 0 aromatic rings. The second kappa shape index (κ2) is 42.1. The Balaban J connectivity index is 4.46. The third-order valence-corrected chi connectivity index (χ3v) is 9.33. The van der Waals surface area contributed by atoms with Gasteiger partial charge in [-0.15, -0.1) is 0 Å². The summed E-state index contributed by atoms with van der Waals surface area (Å²) >= 11 is 0. The molecule has 0 radical (unpaired) electrons. The maximum atomic E-state index is 12.7. The van der Waals surface area contributed by atoms with Gasteiger partial charge in [-0.1, -0.05) is 179 Å². The van der Waals surface area contributed by atoms with Gasteiger partial charge < -0.3 is 14.2 Å². The number of hydrogen-bond acceptors (Lipinski definition) is 6. The minimum atomic E-state index is -0.797. The van der Waals surface area contributed by atoms with Crippen LogP contribution in [0.5, 0.6) is 0 Å². The number of rotatable bonds is 39. The van der Waals surface area contributed by atoms with Crippen molar-refractivity contribution in [1.29, 1.82) is 0 Å². The summed E-state index contributed by atoms with van der Waals surface area (Å²) in [4.78, 5) is 37.6. The highest BCUT2D eigenvalue weighted by molar-refractivity contribution is 5.71. The molecule has 6 heteroatoms. The van der Waals surface area contributed by atoms with E-state index >= 15 is 0 Å². The monoisotopic (exact) mass is 743 g/mol. The van der Waals surface area contributed by atoms with Crippen LogP contribution in [0.2, 0.25) is 0 Å². The summed E-state index contributed by atoms with van der Waals surface area (Å²) in [5.41, 5.74) is 0. The Bertz CT molecular complexity index is 949. The van der Waals surface area contributed by atoms with E-state index in [0.29, 0.717) is 19.3 Å². The fraction of sp³-hybridized carbons (Fsp3) is 0.766. The molecule has 0 heterocycles. The molecule has 0 aliphatic heterocycles. The van der Waals surface area contributed by atoms with Crippen molar-refractivity contribution in [2.45, 2.75) is 219 Å². The predicted octanol–water partition coefficient (Wildman–Crippen LogP) is 14.0. The molecule has 0 aliphatic rings. The van der Waals surface area contributed by atoms with Crippen LogP contribution >= 0.6 is 0 Å². The van der Waals surface area contributed by atoms with Gasteiger partial charge in [0, 0.05) is 19.3 Å². The standard InChI is InChI=1S/C47H82O6/c1-4-7-10-13-16-19-22-24-26-28-31-34-37-40-46(49)52-43-44(42-51-45(48)39-36-33-30-27-21-18-15-12-9-6-3)53-47(50)41-38-35-32-29-25-23-20-17-14-11-8-5-2/h8,11,17,20,24,26,31,34,44H,4-7,9-10,12-16,18-19,21-23,25,27-30,32-33,35-43H2,1-3H3/b11-8-,20-17-,26-24-,34-31-. The summed E-state index contributed by atoms with van der Waals surface area (Å²) in [6, 6.07) is 0. The highest BCUT2D eigenvalue weighted by Crippen LogP contribution is 2.13. The molecule has 1 unspecified atom stereocenters. The first-order valence-electron chi connectivity index (χ1n) is 22.1. The lowest BCUT2D eigenvalue weighted by atomic mass is 10.1. The lowest BCUT2D eigenvalue weighted by Crippen LogP contribution is -2.30. The number of carbonyl (C=O) groups is 3. The lowest BCUT2D eigenvalue weighted by molar-refractivity contribution is -0.166. The summed E-state index contributed by atoms with van der Waals surface area (Å²) in [5.74, 6) is -0.985. The fourth-order valence-corrected chi connectivity index (χ4v) is 6.00. The van der Waals surface area contributed by atoms with Crippen LogP contribution in [0.4, 0.5) is 0 Å². The van der Waals surface area contributed by atoms with Gasteiger partial charge in [0.25, 0.3) is 0 Å². The molecule has 306 valence electrons. The average Bonchev–Trinajstić information content (AvgIpc) is 3.15. The normalized spacial score (nSPS) is 12.4. The van der Waals surface area contributed by atoms with E-state index in [4.69, 9.17) is 14.2 Å². The average molecular weight is 743 g/mol. The van der Waals surface area contributed by atoms with Crippen molar-refractivity contribution < 1.29 is 28.6 Å². The number of hydrogen-bond donors (Lipinski definition) is 0. The van der Waals surface area contributed by atoms with E-state index in [1.165, 1.54) is 83.5 Å². The number of esters is 3. The maximum absolute atomic E-state index is 12.7. The highest BCUT2D eigenvalue weighted by atomic mass is 16.6. The summed E-state index contributed by atoms with van der Waals surface area (Å²) in [6.07, 6.45) is 48.2. The third-order valence-electron chi connectivity index (χ3n) is 9.33.